The summed E-state index contributed by atoms with van der Waals surface area (Å²) in [7, 11) is 1.55. The maximum absolute atomic E-state index is 13.7. The van der Waals surface area contributed by atoms with Gasteiger partial charge in [0.25, 0.3) is 7.41 Å². The highest BCUT2D eigenvalue weighted by Gasteiger charge is 2.22. The maximum atomic E-state index is 13.7. The zero-order chi connectivity index (χ0) is 12.3. The van der Waals surface area contributed by atoms with Crippen molar-refractivity contribution in [2.75, 3.05) is 18.8 Å². The molecule has 0 unspecified atom stereocenters. The summed E-state index contributed by atoms with van der Waals surface area (Å²) in [6, 6.07) is 4.88. The third-order valence-electron chi connectivity index (χ3n) is 3.27. The molecule has 0 atom stereocenters. The molecule has 1 aromatic carbocycles. The Morgan fingerprint density at radius 2 is 2.12 bits per heavy atom. The second kappa shape index (κ2) is 5.32. The largest absolute Gasteiger partial charge is 0.399 e. The van der Waals surface area contributed by atoms with E-state index in [1.165, 1.54) is 6.07 Å². The molecule has 1 saturated heterocycles. The second-order valence-electron chi connectivity index (χ2n) is 4.38. The van der Waals surface area contributed by atoms with Crippen LogP contribution in [0.15, 0.2) is 18.2 Å². The minimum Gasteiger partial charge on any atom is -0.399 e. The highest BCUT2D eigenvalue weighted by atomic mass is 19.1. The minimum absolute atomic E-state index is 0.220. The van der Waals surface area contributed by atoms with Crippen molar-refractivity contribution in [3.05, 3.63) is 29.6 Å². The molecule has 1 aliphatic heterocycles. The van der Waals surface area contributed by atoms with E-state index in [1.54, 1.807) is 19.5 Å². The predicted octanol–water partition coefficient (Wildman–Crippen LogP) is 1.40. The number of carbonyl (C=O) groups is 1. The molecular formula is C12H15BFN2O. The lowest BCUT2D eigenvalue weighted by molar-refractivity contribution is 0.326. The van der Waals surface area contributed by atoms with E-state index in [2.05, 4.69) is 0 Å². The lowest BCUT2D eigenvalue weighted by atomic mass is 9.84. The first-order chi connectivity index (χ1) is 8.20. The van der Waals surface area contributed by atoms with Gasteiger partial charge in [-0.05, 0) is 49.5 Å². The van der Waals surface area contributed by atoms with Gasteiger partial charge in [0.2, 0.25) is 0 Å². The Kier molecular flexibility index (Phi) is 3.79. The highest BCUT2D eigenvalue weighted by Crippen LogP contribution is 2.30. The van der Waals surface area contributed by atoms with Crippen LogP contribution in [0.3, 0.4) is 0 Å². The van der Waals surface area contributed by atoms with Gasteiger partial charge in [-0.1, -0.05) is 6.07 Å². The van der Waals surface area contributed by atoms with Crippen LogP contribution in [0.4, 0.5) is 10.1 Å². The number of hydrogen-bond donors (Lipinski definition) is 1. The molecule has 1 radical (unpaired) electrons. The van der Waals surface area contributed by atoms with Gasteiger partial charge in [-0.15, -0.1) is 0 Å². The summed E-state index contributed by atoms with van der Waals surface area (Å²) in [6.07, 6.45) is 2.53. The summed E-state index contributed by atoms with van der Waals surface area (Å²) < 4.78 is 13.7. The highest BCUT2D eigenvalue weighted by molar-refractivity contribution is 6.64. The lowest BCUT2D eigenvalue weighted by Crippen LogP contribution is -2.36. The fourth-order valence-electron chi connectivity index (χ4n) is 2.32. The van der Waals surface area contributed by atoms with Crippen LogP contribution in [0.2, 0.25) is 0 Å². The Hall–Kier alpha value is -1.36. The topological polar surface area (TPSA) is 46.3 Å². The van der Waals surface area contributed by atoms with E-state index in [4.69, 9.17) is 5.73 Å². The third-order valence-corrected chi connectivity index (χ3v) is 3.27. The molecule has 3 nitrogen and oxygen atoms in total. The number of hydrogen-bond acceptors (Lipinski definition) is 3. The van der Waals surface area contributed by atoms with E-state index in [0.717, 1.165) is 37.7 Å². The van der Waals surface area contributed by atoms with Crippen molar-refractivity contribution in [2.24, 2.45) is 0 Å². The Labute approximate surface area is 101 Å². The monoisotopic (exact) mass is 233 g/mol. The maximum Gasteiger partial charge on any atom is 0.293 e. The van der Waals surface area contributed by atoms with E-state index in [1.807, 2.05) is 4.81 Å². The van der Waals surface area contributed by atoms with Gasteiger partial charge < -0.3 is 15.3 Å². The van der Waals surface area contributed by atoms with Gasteiger partial charge >= 0.3 is 0 Å². The lowest BCUT2D eigenvalue weighted by Gasteiger charge is -2.31. The van der Waals surface area contributed by atoms with Crippen molar-refractivity contribution in [1.82, 2.24) is 4.81 Å². The zero-order valence-electron chi connectivity index (χ0n) is 9.60. The predicted molar refractivity (Wildman–Crippen MR) is 66.9 cm³/mol. The Balaban J connectivity index is 2.02. The molecule has 0 bridgehead atoms. The second-order valence-corrected chi connectivity index (χ2v) is 4.38. The quantitative estimate of drug-likeness (QED) is 0.487. The molecule has 1 aromatic rings. The summed E-state index contributed by atoms with van der Waals surface area (Å²) in [6.45, 7) is 1.60. The zero-order valence-corrected chi connectivity index (χ0v) is 9.60. The molecule has 0 amide bonds. The summed E-state index contributed by atoms with van der Waals surface area (Å²) in [5.41, 5.74) is 6.72. The number of halogens is 1. The van der Waals surface area contributed by atoms with Crippen LogP contribution >= 0.6 is 0 Å². The standard InChI is InChI=1S/C12H15BFN2O/c14-12-7-10(15)1-2-11(12)9-3-5-16(6-4-9)13-8-17/h1-2,7-9H,3-6,15H2. The average molecular weight is 233 g/mol. The van der Waals surface area contributed by atoms with E-state index in [9.17, 15) is 9.18 Å². The van der Waals surface area contributed by atoms with E-state index in [-0.39, 0.29) is 11.7 Å². The first-order valence-electron chi connectivity index (χ1n) is 5.78. The van der Waals surface area contributed by atoms with Crippen molar-refractivity contribution < 1.29 is 9.18 Å². The fraction of sp³-hybridized carbons (Fsp3) is 0.417. The SMILES string of the molecule is Nc1ccc(C2CCN([B]C=O)CC2)c(F)c1. The smallest absolute Gasteiger partial charge is 0.293 e. The number of carbonyl (C=O) groups excluding carboxylic acids is 1. The minimum atomic E-state index is -0.220. The summed E-state index contributed by atoms with van der Waals surface area (Å²) in [5, 5.41) is 0. The molecule has 0 spiro atoms. The molecule has 2 rings (SSSR count). The molecule has 0 aliphatic carbocycles. The van der Waals surface area contributed by atoms with Crippen LogP contribution in [0.1, 0.15) is 24.3 Å². The van der Waals surface area contributed by atoms with E-state index in [0.29, 0.717) is 5.69 Å². The molecular weight excluding hydrogens is 218 g/mol. The van der Waals surface area contributed by atoms with Crippen LogP contribution in [0.5, 0.6) is 0 Å². The number of nitrogen functional groups attached to an aromatic ring is 1. The van der Waals surface area contributed by atoms with Gasteiger partial charge in [0.05, 0.1) is 6.19 Å². The van der Waals surface area contributed by atoms with Crippen molar-refractivity contribution in [1.29, 1.82) is 0 Å². The van der Waals surface area contributed by atoms with Crippen molar-refractivity contribution in [2.45, 2.75) is 18.8 Å². The van der Waals surface area contributed by atoms with Crippen LogP contribution < -0.4 is 5.73 Å². The van der Waals surface area contributed by atoms with Crippen LogP contribution in [-0.2, 0) is 4.79 Å². The molecule has 5 heteroatoms. The van der Waals surface area contributed by atoms with Gasteiger partial charge in [0.1, 0.15) is 5.82 Å². The van der Waals surface area contributed by atoms with Crippen molar-refractivity contribution in [3.63, 3.8) is 0 Å². The van der Waals surface area contributed by atoms with Gasteiger partial charge in [-0.3, -0.25) is 0 Å². The Morgan fingerprint density at radius 1 is 1.41 bits per heavy atom. The number of rotatable bonds is 3. The Bertz CT molecular complexity index is 405. The van der Waals surface area contributed by atoms with Gasteiger partial charge in [0, 0.05) is 5.69 Å². The van der Waals surface area contributed by atoms with Crippen LogP contribution in [0.25, 0.3) is 0 Å². The molecule has 89 valence electrons. The average Bonchev–Trinajstić information content (AvgIpc) is 2.31. The molecule has 0 saturated carbocycles. The number of nitrogens with two attached hydrogens (primary N) is 1. The first kappa shape index (κ1) is 12.1. The Morgan fingerprint density at radius 3 is 2.71 bits per heavy atom. The molecule has 1 heterocycles. The number of benzene rings is 1. The number of anilines is 1. The normalized spacial score (nSPS) is 17.9. The summed E-state index contributed by atoms with van der Waals surface area (Å²) in [5.74, 6) is 0.00900. The number of piperidine rings is 1. The third kappa shape index (κ3) is 2.85. The van der Waals surface area contributed by atoms with Gasteiger partial charge in [0.15, 0.2) is 0 Å². The summed E-state index contributed by atoms with van der Waals surface area (Å²) in [4.78, 5) is 12.3. The fourth-order valence-corrected chi connectivity index (χ4v) is 2.32. The summed E-state index contributed by atoms with van der Waals surface area (Å²) >= 11 is 0. The molecule has 17 heavy (non-hydrogen) atoms. The first-order valence-corrected chi connectivity index (χ1v) is 5.78. The molecule has 1 aliphatic rings. The molecule has 2 N–H and O–H groups in total. The van der Waals surface area contributed by atoms with Gasteiger partial charge in [-0.2, -0.15) is 0 Å². The van der Waals surface area contributed by atoms with E-state index >= 15 is 0 Å². The number of nitrogens with zero attached hydrogens (tertiary/aromatic N) is 1. The molecule has 0 aromatic heterocycles. The van der Waals surface area contributed by atoms with Gasteiger partial charge in [-0.25, -0.2) is 4.39 Å². The molecule has 1 fully saturated rings. The van der Waals surface area contributed by atoms with Crippen LogP contribution in [-0.4, -0.2) is 31.5 Å². The van der Waals surface area contributed by atoms with Crippen molar-refractivity contribution in [3.8, 4) is 0 Å². The van der Waals surface area contributed by atoms with Crippen molar-refractivity contribution >= 4 is 19.3 Å². The van der Waals surface area contributed by atoms with Crippen LogP contribution in [0, 0.1) is 5.82 Å². The van der Waals surface area contributed by atoms with E-state index < -0.39 is 0 Å².